The number of hydrogen-bond donors (Lipinski definition) is 2. The van der Waals surface area contributed by atoms with E-state index in [0.717, 1.165) is 31.7 Å². The number of urea groups is 1. The van der Waals surface area contributed by atoms with Gasteiger partial charge in [0.25, 0.3) is 0 Å². The maximum absolute atomic E-state index is 11.8. The second-order valence-corrected chi connectivity index (χ2v) is 7.00. The van der Waals surface area contributed by atoms with Crippen molar-refractivity contribution in [1.82, 2.24) is 15.6 Å². The smallest absolute Gasteiger partial charge is 0.315 e. The molecule has 1 aromatic rings. The van der Waals surface area contributed by atoms with E-state index < -0.39 is 0 Å². The molecule has 0 aliphatic carbocycles. The first-order valence-electron chi connectivity index (χ1n) is 8.05. The van der Waals surface area contributed by atoms with E-state index in [4.69, 9.17) is 5.26 Å². The van der Waals surface area contributed by atoms with Crippen LogP contribution >= 0.6 is 0 Å². The highest BCUT2D eigenvalue weighted by atomic mass is 16.2. The maximum atomic E-state index is 11.8. The van der Waals surface area contributed by atoms with E-state index in [-0.39, 0.29) is 11.6 Å². The quantitative estimate of drug-likeness (QED) is 0.896. The fraction of sp³-hybridized carbons (Fsp3) is 0.588. The summed E-state index contributed by atoms with van der Waals surface area (Å²) >= 11 is 0. The van der Waals surface area contributed by atoms with Crippen molar-refractivity contribution in [2.45, 2.75) is 39.2 Å². The number of nitrogens with zero attached hydrogens (tertiary/aromatic N) is 3. The molecule has 124 valence electrons. The van der Waals surface area contributed by atoms with E-state index in [1.807, 2.05) is 20.8 Å². The first-order chi connectivity index (χ1) is 10.9. The molecule has 0 spiro atoms. The fourth-order valence-electron chi connectivity index (χ4n) is 2.71. The van der Waals surface area contributed by atoms with E-state index in [2.05, 4.69) is 26.6 Å². The molecule has 2 rings (SSSR count). The highest BCUT2D eigenvalue weighted by Crippen LogP contribution is 2.23. The van der Waals surface area contributed by atoms with E-state index in [0.29, 0.717) is 18.0 Å². The Morgan fingerprint density at radius 3 is 2.74 bits per heavy atom. The lowest BCUT2D eigenvalue weighted by atomic mass is 9.96. The highest BCUT2D eigenvalue weighted by molar-refractivity contribution is 5.74. The van der Waals surface area contributed by atoms with Gasteiger partial charge in [-0.25, -0.2) is 9.78 Å². The Morgan fingerprint density at radius 1 is 1.43 bits per heavy atom. The summed E-state index contributed by atoms with van der Waals surface area (Å²) in [6.45, 7) is 8.29. The van der Waals surface area contributed by atoms with Gasteiger partial charge in [0.05, 0.1) is 5.56 Å². The number of pyridine rings is 1. The summed E-state index contributed by atoms with van der Waals surface area (Å²) in [5.74, 6) is 1.23. The molecule has 23 heavy (non-hydrogen) atoms. The minimum absolute atomic E-state index is 0.114. The molecule has 2 heterocycles. The van der Waals surface area contributed by atoms with Gasteiger partial charge >= 0.3 is 6.03 Å². The molecule has 2 amide bonds. The molecule has 2 N–H and O–H groups in total. The zero-order chi connectivity index (χ0) is 16.9. The molecule has 1 aliphatic rings. The van der Waals surface area contributed by atoms with Crippen LogP contribution in [0.5, 0.6) is 0 Å². The Bertz CT molecular complexity index is 579. The Hall–Kier alpha value is -2.29. The van der Waals surface area contributed by atoms with E-state index >= 15 is 0 Å². The van der Waals surface area contributed by atoms with Crippen molar-refractivity contribution in [3.63, 3.8) is 0 Å². The van der Waals surface area contributed by atoms with Gasteiger partial charge in [-0.1, -0.05) is 0 Å². The predicted octanol–water partition coefficient (Wildman–Crippen LogP) is 2.27. The number of aromatic nitrogens is 1. The van der Waals surface area contributed by atoms with Crippen molar-refractivity contribution in [3.8, 4) is 6.07 Å². The molecule has 0 unspecified atom stereocenters. The molecule has 0 aromatic carbocycles. The van der Waals surface area contributed by atoms with Crippen LogP contribution in [-0.4, -0.2) is 36.2 Å². The van der Waals surface area contributed by atoms with Gasteiger partial charge in [0, 0.05) is 31.4 Å². The third-order valence-corrected chi connectivity index (χ3v) is 3.86. The molecule has 1 aliphatic heterocycles. The second-order valence-electron chi connectivity index (χ2n) is 7.00. The van der Waals surface area contributed by atoms with Crippen molar-refractivity contribution in [2.24, 2.45) is 5.92 Å². The summed E-state index contributed by atoms with van der Waals surface area (Å²) in [6.07, 6.45) is 3.69. The van der Waals surface area contributed by atoms with E-state index in [9.17, 15) is 4.79 Å². The summed E-state index contributed by atoms with van der Waals surface area (Å²) in [5.41, 5.74) is 0.397. The minimum atomic E-state index is -0.222. The topological polar surface area (TPSA) is 81.1 Å². The molecular weight excluding hydrogens is 290 g/mol. The summed E-state index contributed by atoms with van der Waals surface area (Å²) < 4.78 is 0. The number of piperidine rings is 1. The van der Waals surface area contributed by atoms with Crippen molar-refractivity contribution < 1.29 is 4.79 Å². The lowest BCUT2D eigenvalue weighted by molar-refractivity contribution is 0.228. The zero-order valence-electron chi connectivity index (χ0n) is 14.1. The SMILES string of the molecule is CC(C)(C)NC(=O)NCC1CCN(c2ncccc2C#N)CC1. The number of amides is 2. The number of anilines is 1. The standard InChI is InChI=1S/C17H25N5O/c1-17(2,3)21-16(23)20-12-13-6-9-22(10-7-13)15-14(11-18)5-4-8-19-15/h4-5,8,13H,6-7,9-10,12H2,1-3H3,(H2,20,21,23). The van der Waals surface area contributed by atoms with Crippen LogP contribution in [0.3, 0.4) is 0 Å². The lowest BCUT2D eigenvalue weighted by Crippen LogP contribution is -2.48. The van der Waals surface area contributed by atoms with Gasteiger partial charge in [-0.3, -0.25) is 0 Å². The molecule has 0 atom stereocenters. The average Bonchev–Trinajstić information content (AvgIpc) is 2.52. The van der Waals surface area contributed by atoms with Crippen LogP contribution in [0.25, 0.3) is 0 Å². The Labute approximate surface area is 137 Å². The average molecular weight is 315 g/mol. The molecule has 1 aromatic heterocycles. The Morgan fingerprint density at radius 2 is 2.13 bits per heavy atom. The predicted molar refractivity (Wildman–Crippen MR) is 90.2 cm³/mol. The largest absolute Gasteiger partial charge is 0.356 e. The van der Waals surface area contributed by atoms with Crippen LogP contribution in [0.4, 0.5) is 10.6 Å². The van der Waals surface area contributed by atoms with Crippen molar-refractivity contribution in [1.29, 1.82) is 5.26 Å². The van der Waals surface area contributed by atoms with Crippen LogP contribution in [0, 0.1) is 17.2 Å². The fourth-order valence-corrected chi connectivity index (χ4v) is 2.71. The molecular formula is C17H25N5O. The number of nitrogens with one attached hydrogen (secondary N) is 2. The molecule has 6 heteroatoms. The molecule has 0 bridgehead atoms. The highest BCUT2D eigenvalue weighted by Gasteiger charge is 2.22. The number of nitriles is 1. The van der Waals surface area contributed by atoms with Gasteiger partial charge in [-0.2, -0.15) is 5.26 Å². The summed E-state index contributed by atoms with van der Waals surface area (Å²) in [4.78, 5) is 18.3. The third kappa shape index (κ3) is 5.13. The number of rotatable bonds is 3. The van der Waals surface area contributed by atoms with Crippen LogP contribution < -0.4 is 15.5 Å². The van der Waals surface area contributed by atoms with Crippen molar-refractivity contribution in [3.05, 3.63) is 23.9 Å². The number of carbonyl (C=O) groups excluding carboxylic acids is 1. The van der Waals surface area contributed by atoms with Gasteiger partial charge in [0.15, 0.2) is 0 Å². The van der Waals surface area contributed by atoms with E-state index in [1.165, 1.54) is 0 Å². The van der Waals surface area contributed by atoms with Crippen molar-refractivity contribution >= 4 is 11.8 Å². The first kappa shape index (κ1) is 17.1. The third-order valence-electron chi connectivity index (χ3n) is 3.86. The first-order valence-corrected chi connectivity index (χ1v) is 8.05. The zero-order valence-corrected chi connectivity index (χ0v) is 14.1. The minimum Gasteiger partial charge on any atom is -0.356 e. The van der Waals surface area contributed by atoms with Crippen LogP contribution in [0.2, 0.25) is 0 Å². The number of carbonyl (C=O) groups is 1. The van der Waals surface area contributed by atoms with Crippen molar-refractivity contribution in [2.75, 3.05) is 24.5 Å². The summed E-state index contributed by atoms with van der Waals surface area (Å²) in [6, 6.07) is 5.66. The Balaban J connectivity index is 1.80. The Kier molecular flexibility index (Phi) is 5.43. The maximum Gasteiger partial charge on any atom is 0.315 e. The summed E-state index contributed by atoms with van der Waals surface area (Å²) in [5, 5.41) is 15.0. The van der Waals surface area contributed by atoms with Crippen LogP contribution in [0.1, 0.15) is 39.2 Å². The van der Waals surface area contributed by atoms with Crippen LogP contribution in [0.15, 0.2) is 18.3 Å². The number of hydrogen-bond acceptors (Lipinski definition) is 4. The van der Waals surface area contributed by atoms with Crippen LogP contribution in [-0.2, 0) is 0 Å². The van der Waals surface area contributed by atoms with Gasteiger partial charge in [-0.15, -0.1) is 0 Å². The second kappa shape index (κ2) is 7.32. The monoisotopic (exact) mass is 315 g/mol. The van der Waals surface area contributed by atoms with Gasteiger partial charge in [0.1, 0.15) is 11.9 Å². The molecule has 1 saturated heterocycles. The molecule has 0 saturated carbocycles. The lowest BCUT2D eigenvalue weighted by Gasteiger charge is -2.33. The normalized spacial score (nSPS) is 15.8. The van der Waals surface area contributed by atoms with Gasteiger partial charge in [-0.05, 0) is 51.7 Å². The van der Waals surface area contributed by atoms with E-state index in [1.54, 1.807) is 18.3 Å². The molecule has 1 fully saturated rings. The molecule has 6 nitrogen and oxygen atoms in total. The summed E-state index contributed by atoms with van der Waals surface area (Å²) in [7, 11) is 0. The molecule has 0 radical (unpaired) electrons. The van der Waals surface area contributed by atoms with Gasteiger partial charge < -0.3 is 15.5 Å². The van der Waals surface area contributed by atoms with Gasteiger partial charge in [0.2, 0.25) is 0 Å².